The Bertz CT molecular complexity index is 806. The highest BCUT2D eigenvalue weighted by Crippen LogP contribution is 2.22. The van der Waals surface area contributed by atoms with Gasteiger partial charge in [-0.1, -0.05) is 37.3 Å². The number of ether oxygens (including phenoxy) is 2. The van der Waals surface area contributed by atoms with Crippen LogP contribution in [0.3, 0.4) is 0 Å². The van der Waals surface area contributed by atoms with Crippen molar-refractivity contribution >= 4 is 11.8 Å². The second kappa shape index (κ2) is 12.9. The first-order chi connectivity index (χ1) is 15.0. The van der Waals surface area contributed by atoms with Gasteiger partial charge in [0.1, 0.15) is 0 Å². The number of rotatable bonds is 13. The lowest BCUT2D eigenvalue weighted by Crippen LogP contribution is -2.46. The number of aromatic nitrogens is 1. The molecule has 0 radical (unpaired) electrons. The van der Waals surface area contributed by atoms with Crippen LogP contribution in [0, 0.1) is 0 Å². The van der Waals surface area contributed by atoms with Gasteiger partial charge in [0.15, 0.2) is 0 Å². The molecule has 7 nitrogen and oxygen atoms in total. The number of methoxy groups -OCH3 is 2. The minimum atomic E-state index is -0.286. The van der Waals surface area contributed by atoms with Crippen LogP contribution in [0.1, 0.15) is 30.5 Å². The van der Waals surface area contributed by atoms with E-state index in [1.54, 1.807) is 24.0 Å². The van der Waals surface area contributed by atoms with Crippen LogP contribution >= 0.6 is 0 Å². The number of amides is 2. The zero-order valence-electron chi connectivity index (χ0n) is 19.1. The van der Waals surface area contributed by atoms with Crippen LogP contribution in [0.2, 0.25) is 0 Å². The molecular weight excluding hydrogens is 394 g/mol. The Labute approximate surface area is 185 Å². The first-order valence-corrected chi connectivity index (χ1v) is 10.7. The molecule has 2 rings (SSSR count). The highest BCUT2D eigenvalue weighted by molar-refractivity contribution is 5.88. The maximum Gasteiger partial charge on any atom is 0.242 e. The molecule has 0 aliphatic heterocycles. The van der Waals surface area contributed by atoms with Gasteiger partial charge in [0.25, 0.3) is 0 Å². The molecule has 2 amide bonds. The second-order valence-electron chi connectivity index (χ2n) is 7.54. The van der Waals surface area contributed by atoms with Crippen LogP contribution in [0.4, 0.5) is 0 Å². The molecular formula is C24H35N3O4. The third-order valence-electron chi connectivity index (χ3n) is 5.43. The van der Waals surface area contributed by atoms with Crippen molar-refractivity contribution in [1.82, 2.24) is 14.4 Å². The topological polar surface area (TPSA) is 64.0 Å². The van der Waals surface area contributed by atoms with Crippen molar-refractivity contribution in [2.45, 2.75) is 25.8 Å². The van der Waals surface area contributed by atoms with Crippen molar-refractivity contribution in [2.75, 3.05) is 47.1 Å². The average molecular weight is 430 g/mol. The predicted octanol–water partition coefficient (Wildman–Crippen LogP) is 2.67. The zero-order chi connectivity index (χ0) is 22.6. The molecule has 170 valence electrons. The van der Waals surface area contributed by atoms with Crippen molar-refractivity contribution in [3.05, 3.63) is 59.9 Å². The van der Waals surface area contributed by atoms with Gasteiger partial charge >= 0.3 is 0 Å². The summed E-state index contributed by atoms with van der Waals surface area (Å²) in [5, 5.41) is 0. The standard InChI is InChI=1S/C24H35N3O4/c1-5-22(20-10-7-6-8-11-20)24(29)27(15-17-31-4)19-23(28)26(14-16-30-3)18-21-12-9-13-25(21)2/h6-13,22H,5,14-19H2,1-4H3. The molecule has 31 heavy (non-hydrogen) atoms. The molecule has 1 unspecified atom stereocenters. The lowest BCUT2D eigenvalue weighted by Gasteiger charge is -2.30. The van der Waals surface area contributed by atoms with Gasteiger partial charge in [-0.3, -0.25) is 9.59 Å². The van der Waals surface area contributed by atoms with Gasteiger partial charge in [-0.25, -0.2) is 0 Å². The van der Waals surface area contributed by atoms with Crippen molar-refractivity contribution < 1.29 is 19.1 Å². The van der Waals surface area contributed by atoms with Crippen molar-refractivity contribution in [1.29, 1.82) is 0 Å². The summed E-state index contributed by atoms with van der Waals surface area (Å²) >= 11 is 0. The first-order valence-electron chi connectivity index (χ1n) is 10.7. The third-order valence-corrected chi connectivity index (χ3v) is 5.43. The molecule has 7 heteroatoms. The van der Waals surface area contributed by atoms with Gasteiger partial charge in [-0.2, -0.15) is 0 Å². The smallest absolute Gasteiger partial charge is 0.242 e. The molecule has 2 aromatic rings. The Morgan fingerprint density at radius 1 is 0.968 bits per heavy atom. The Morgan fingerprint density at radius 3 is 2.16 bits per heavy atom. The molecule has 0 saturated carbocycles. The van der Waals surface area contributed by atoms with Crippen LogP contribution < -0.4 is 0 Å². The van der Waals surface area contributed by atoms with E-state index in [0.29, 0.717) is 39.3 Å². The van der Waals surface area contributed by atoms with Crippen LogP contribution in [-0.2, 0) is 32.7 Å². The summed E-state index contributed by atoms with van der Waals surface area (Å²) in [6.45, 7) is 4.11. The molecule has 1 aromatic carbocycles. The normalized spacial score (nSPS) is 11.9. The van der Waals surface area contributed by atoms with Crippen LogP contribution in [0.15, 0.2) is 48.7 Å². The molecule has 1 atom stereocenters. The summed E-state index contributed by atoms with van der Waals surface area (Å²) in [6.07, 6.45) is 2.62. The maximum atomic E-state index is 13.4. The third kappa shape index (κ3) is 7.22. The van der Waals surface area contributed by atoms with Gasteiger partial charge in [-0.05, 0) is 24.1 Å². The van der Waals surface area contributed by atoms with Crippen molar-refractivity contribution in [3.8, 4) is 0 Å². The minimum Gasteiger partial charge on any atom is -0.383 e. The molecule has 1 heterocycles. The quantitative estimate of drug-likeness (QED) is 0.491. The molecule has 0 bridgehead atoms. The number of hydrogen-bond donors (Lipinski definition) is 0. The van der Waals surface area contributed by atoms with Crippen LogP contribution in [0.25, 0.3) is 0 Å². The van der Waals surface area contributed by atoms with Crippen molar-refractivity contribution in [2.24, 2.45) is 7.05 Å². The molecule has 0 N–H and O–H groups in total. The molecule has 0 aliphatic rings. The largest absolute Gasteiger partial charge is 0.383 e. The van der Waals surface area contributed by atoms with Gasteiger partial charge < -0.3 is 23.8 Å². The lowest BCUT2D eigenvalue weighted by molar-refractivity contribution is -0.142. The van der Waals surface area contributed by atoms with E-state index in [1.165, 1.54) is 0 Å². The summed E-state index contributed by atoms with van der Waals surface area (Å²) in [7, 11) is 5.17. The molecule has 0 saturated heterocycles. The number of hydrogen-bond acceptors (Lipinski definition) is 4. The summed E-state index contributed by atoms with van der Waals surface area (Å²) in [6, 6.07) is 13.7. The van der Waals surface area contributed by atoms with E-state index in [1.807, 2.05) is 67.2 Å². The van der Waals surface area contributed by atoms with Crippen LogP contribution in [-0.4, -0.2) is 73.2 Å². The Morgan fingerprint density at radius 2 is 1.61 bits per heavy atom. The summed E-state index contributed by atoms with van der Waals surface area (Å²) in [5.74, 6) is -0.443. The van der Waals surface area contributed by atoms with Crippen molar-refractivity contribution in [3.63, 3.8) is 0 Å². The first kappa shape index (κ1) is 24.6. The number of nitrogens with zero attached hydrogens (tertiary/aromatic N) is 3. The van der Waals surface area contributed by atoms with E-state index >= 15 is 0 Å². The fourth-order valence-electron chi connectivity index (χ4n) is 3.54. The summed E-state index contributed by atoms with van der Waals surface area (Å²) in [4.78, 5) is 30.0. The highest BCUT2D eigenvalue weighted by atomic mass is 16.5. The van der Waals surface area contributed by atoms with Gasteiger partial charge in [-0.15, -0.1) is 0 Å². The number of carbonyl (C=O) groups is 2. The van der Waals surface area contributed by atoms with Gasteiger partial charge in [0, 0.05) is 46.2 Å². The predicted molar refractivity (Wildman–Crippen MR) is 121 cm³/mol. The average Bonchev–Trinajstić information content (AvgIpc) is 3.19. The molecule has 0 fully saturated rings. The zero-order valence-corrected chi connectivity index (χ0v) is 19.1. The maximum absolute atomic E-state index is 13.4. The number of aryl methyl sites for hydroxylation is 1. The molecule has 1 aromatic heterocycles. The summed E-state index contributed by atoms with van der Waals surface area (Å²) < 4.78 is 12.4. The fourth-order valence-corrected chi connectivity index (χ4v) is 3.54. The monoisotopic (exact) mass is 429 g/mol. The fraction of sp³-hybridized carbons (Fsp3) is 0.500. The second-order valence-corrected chi connectivity index (χ2v) is 7.54. The lowest BCUT2D eigenvalue weighted by atomic mass is 9.95. The summed E-state index contributed by atoms with van der Waals surface area (Å²) in [5.41, 5.74) is 1.99. The minimum absolute atomic E-state index is 0.0136. The SMILES string of the molecule is CCC(C(=O)N(CCOC)CC(=O)N(CCOC)Cc1cccn1C)c1ccccc1. The van der Waals surface area contributed by atoms with E-state index in [0.717, 1.165) is 11.3 Å². The highest BCUT2D eigenvalue weighted by Gasteiger charge is 2.27. The Balaban J connectivity index is 2.18. The van der Waals surface area contributed by atoms with E-state index in [9.17, 15) is 9.59 Å². The molecule has 0 aliphatic carbocycles. The Kier molecular flexibility index (Phi) is 10.3. The van der Waals surface area contributed by atoms with Gasteiger partial charge in [0.2, 0.25) is 11.8 Å². The van der Waals surface area contributed by atoms with E-state index in [4.69, 9.17) is 9.47 Å². The number of benzene rings is 1. The van der Waals surface area contributed by atoms with Crippen LogP contribution in [0.5, 0.6) is 0 Å². The number of carbonyl (C=O) groups excluding carboxylic acids is 2. The molecule has 0 spiro atoms. The van der Waals surface area contributed by atoms with E-state index < -0.39 is 0 Å². The van der Waals surface area contributed by atoms with E-state index in [2.05, 4.69) is 0 Å². The Hall–Kier alpha value is -2.64. The van der Waals surface area contributed by atoms with Gasteiger partial charge in [0.05, 0.1) is 32.2 Å². The van der Waals surface area contributed by atoms with E-state index in [-0.39, 0.29) is 24.3 Å².